The number of benzene rings is 1. The van der Waals surface area contributed by atoms with Gasteiger partial charge in [0.25, 0.3) is 0 Å². The first-order valence-corrected chi connectivity index (χ1v) is 6.04. The average molecular weight is 254 g/mol. The molecule has 3 rings (SSSR count). The van der Waals surface area contributed by atoms with E-state index in [0.717, 1.165) is 22.4 Å². The third-order valence-electron chi connectivity index (χ3n) is 3.14. The molecule has 2 N–H and O–H groups in total. The maximum atomic E-state index is 6.27. The zero-order valence-electron chi connectivity index (χ0n) is 10.6. The Hall–Kier alpha value is -2.34. The largest absolute Gasteiger partial charge is 0.324 e. The highest BCUT2D eigenvalue weighted by molar-refractivity contribution is 5.78. The van der Waals surface area contributed by atoms with E-state index in [9.17, 15) is 0 Å². The topological polar surface area (TPSA) is 82.5 Å². The number of para-hydroxylation sites is 1. The molecular weight excluding hydrogens is 240 g/mol. The Morgan fingerprint density at radius 3 is 2.84 bits per heavy atom. The molecule has 0 bridgehead atoms. The van der Waals surface area contributed by atoms with Gasteiger partial charge in [0.1, 0.15) is 12.2 Å². The van der Waals surface area contributed by atoms with E-state index >= 15 is 0 Å². The van der Waals surface area contributed by atoms with Crippen molar-refractivity contribution in [2.45, 2.75) is 12.5 Å². The van der Waals surface area contributed by atoms with E-state index in [1.165, 1.54) is 6.33 Å². The maximum absolute atomic E-state index is 6.27. The van der Waals surface area contributed by atoms with Gasteiger partial charge in [-0.1, -0.05) is 12.1 Å². The molecule has 1 unspecified atom stereocenters. The van der Waals surface area contributed by atoms with Gasteiger partial charge < -0.3 is 5.73 Å². The SMILES string of the molecule is Cn1ncnc1CC(N)c1cccc2nccnc12. The summed E-state index contributed by atoms with van der Waals surface area (Å²) in [5.74, 6) is 0.855. The lowest BCUT2D eigenvalue weighted by molar-refractivity contribution is 0.631. The summed E-state index contributed by atoms with van der Waals surface area (Å²) in [6.07, 6.45) is 5.51. The van der Waals surface area contributed by atoms with Crippen molar-refractivity contribution in [2.24, 2.45) is 12.8 Å². The average Bonchev–Trinajstić information content (AvgIpc) is 2.83. The molecule has 0 saturated carbocycles. The van der Waals surface area contributed by atoms with Crippen LogP contribution in [-0.2, 0) is 13.5 Å². The molecule has 0 aliphatic rings. The number of aromatic nitrogens is 5. The van der Waals surface area contributed by atoms with Crippen LogP contribution in [-0.4, -0.2) is 24.7 Å². The Labute approximate surface area is 110 Å². The lowest BCUT2D eigenvalue weighted by atomic mass is 10.0. The molecule has 0 amide bonds. The fourth-order valence-corrected chi connectivity index (χ4v) is 2.13. The molecule has 0 spiro atoms. The second-order valence-corrected chi connectivity index (χ2v) is 4.38. The van der Waals surface area contributed by atoms with Crippen molar-refractivity contribution in [3.05, 3.63) is 48.3 Å². The highest BCUT2D eigenvalue weighted by Gasteiger charge is 2.14. The first kappa shape index (κ1) is 11.7. The van der Waals surface area contributed by atoms with Crippen molar-refractivity contribution in [2.75, 3.05) is 0 Å². The van der Waals surface area contributed by atoms with Crippen LogP contribution in [0.25, 0.3) is 11.0 Å². The lowest BCUT2D eigenvalue weighted by Gasteiger charge is -2.13. The standard InChI is InChI=1S/C13H14N6/c1-19-12(17-8-18-19)7-10(14)9-3-2-4-11-13(9)16-6-5-15-11/h2-6,8,10H,7,14H2,1H3. The molecule has 6 nitrogen and oxygen atoms in total. The zero-order chi connectivity index (χ0) is 13.2. The summed E-state index contributed by atoms with van der Waals surface area (Å²) in [6.45, 7) is 0. The van der Waals surface area contributed by atoms with Gasteiger partial charge in [-0.2, -0.15) is 5.10 Å². The van der Waals surface area contributed by atoms with Crippen LogP contribution in [0.4, 0.5) is 0 Å². The number of hydrogen-bond acceptors (Lipinski definition) is 5. The van der Waals surface area contributed by atoms with Gasteiger partial charge in [-0.25, -0.2) is 4.98 Å². The third-order valence-corrected chi connectivity index (χ3v) is 3.14. The molecule has 1 aromatic carbocycles. The predicted molar refractivity (Wildman–Crippen MR) is 71.2 cm³/mol. The first-order chi connectivity index (χ1) is 9.25. The van der Waals surface area contributed by atoms with Crippen LogP contribution in [0.1, 0.15) is 17.4 Å². The molecule has 0 saturated heterocycles. The molecule has 96 valence electrons. The maximum Gasteiger partial charge on any atom is 0.138 e. The van der Waals surface area contributed by atoms with Crippen molar-refractivity contribution < 1.29 is 0 Å². The second-order valence-electron chi connectivity index (χ2n) is 4.38. The summed E-state index contributed by atoms with van der Waals surface area (Å²) in [7, 11) is 1.86. The second kappa shape index (κ2) is 4.74. The fraction of sp³-hybridized carbons (Fsp3) is 0.231. The minimum absolute atomic E-state index is 0.178. The molecule has 1 atom stereocenters. The summed E-state index contributed by atoms with van der Waals surface area (Å²) in [6, 6.07) is 5.69. The van der Waals surface area contributed by atoms with Crippen LogP contribution in [0.2, 0.25) is 0 Å². The molecule has 19 heavy (non-hydrogen) atoms. The van der Waals surface area contributed by atoms with E-state index in [1.807, 2.05) is 25.2 Å². The summed E-state index contributed by atoms with van der Waals surface area (Å²) in [4.78, 5) is 12.9. The van der Waals surface area contributed by atoms with Gasteiger partial charge in [-0.05, 0) is 11.6 Å². The van der Waals surface area contributed by atoms with Crippen molar-refractivity contribution in [1.82, 2.24) is 24.7 Å². The molecule has 2 aromatic heterocycles. The Bertz CT molecular complexity index is 700. The number of hydrogen-bond donors (Lipinski definition) is 1. The highest BCUT2D eigenvalue weighted by Crippen LogP contribution is 2.21. The normalized spacial score (nSPS) is 12.7. The first-order valence-electron chi connectivity index (χ1n) is 6.04. The number of fused-ring (bicyclic) bond motifs is 1. The van der Waals surface area contributed by atoms with Crippen molar-refractivity contribution in [1.29, 1.82) is 0 Å². The summed E-state index contributed by atoms with van der Waals surface area (Å²) < 4.78 is 1.73. The molecule has 3 aromatic rings. The lowest BCUT2D eigenvalue weighted by Crippen LogP contribution is -2.16. The number of aryl methyl sites for hydroxylation is 1. The number of nitrogens with zero attached hydrogens (tertiary/aromatic N) is 5. The van der Waals surface area contributed by atoms with Crippen LogP contribution in [0.15, 0.2) is 36.9 Å². The van der Waals surface area contributed by atoms with E-state index in [2.05, 4.69) is 20.1 Å². The highest BCUT2D eigenvalue weighted by atomic mass is 15.3. The van der Waals surface area contributed by atoms with E-state index in [-0.39, 0.29) is 6.04 Å². The number of nitrogens with two attached hydrogens (primary N) is 1. The molecule has 2 heterocycles. The van der Waals surface area contributed by atoms with Crippen molar-refractivity contribution >= 4 is 11.0 Å². The molecule has 6 heteroatoms. The van der Waals surface area contributed by atoms with Crippen LogP contribution in [0.3, 0.4) is 0 Å². The zero-order valence-corrected chi connectivity index (χ0v) is 10.6. The number of rotatable bonds is 3. The van der Waals surface area contributed by atoms with E-state index in [1.54, 1.807) is 17.1 Å². The Kier molecular flexibility index (Phi) is 2.92. The van der Waals surface area contributed by atoms with E-state index < -0.39 is 0 Å². The van der Waals surface area contributed by atoms with E-state index in [0.29, 0.717) is 6.42 Å². The van der Waals surface area contributed by atoms with Gasteiger partial charge in [-0.3, -0.25) is 14.6 Å². The van der Waals surface area contributed by atoms with Crippen LogP contribution in [0, 0.1) is 0 Å². The van der Waals surface area contributed by atoms with Gasteiger partial charge in [0.05, 0.1) is 11.0 Å². The Morgan fingerprint density at radius 1 is 1.21 bits per heavy atom. The smallest absolute Gasteiger partial charge is 0.138 e. The summed E-state index contributed by atoms with van der Waals surface area (Å²) >= 11 is 0. The van der Waals surface area contributed by atoms with Crippen LogP contribution >= 0.6 is 0 Å². The molecule has 0 fully saturated rings. The van der Waals surface area contributed by atoms with E-state index in [4.69, 9.17) is 5.73 Å². The Balaban J connectivity index is 1.98. The quantitative estimate of drug-likeness (QED) is 0.754. The molecule has 0 aliphatic heterocycles. The van der Waals surface area contributed by atoms with Crippen LogP contribution < -0.4 is 5.73 Å². The Morgan fingerprint density at radius 2 is 2.05 bits per heavy atom. The minimum Gasteiger partial charge on any atom is -0.324 e. The third kappa shape index (κ3) is 2.17. The van der Waals surface area contributed by atoms with Gasteiger partial charge >= 0.3 is 0 Å². The predicted octanol–water partition coefficient (Wildman–Crippen LogP) is 1.00. The van der Waals surface area contributed by atoms with Crippen molar-refractivity contribution in [3.63, 3.8) is 0 Å². The minimum atomic E-state index is -0.178. The molecule has 0 radical (unpaired) electrons. The van der Waals surface area contributed by atoms with Gasteiger partial charge in [-0.15, -0.1) is 0 Å². The molecular formula is C13H14N6. The van der Waals surface area contributed by atoms with Crippen molar-refractivity contribution in [3.8, 4) is 0 Å². The van der Waals surface area contributed by atoms with Crippen LogP contribution in [0.5, 0.6) is 0 Å². The molecule has 0 aliphatic carbocycles. The van der Waals surface area contributed by atoms with Gasteiger partial charge in [0, 0.05) is 31.9 Å². The van der Waals surface area contributed by atoms with Gasteiger partial charge in [0.2, 0.25) is 0 Å². The fourth-order valence-electron chi connectivity index (χ4n) is 2.13. The van der Waals surface area contributed by atoms with Gasteiger partial charge in [0.15, 0.2) is 0 Å². The monoisotopic (exact) mass is 254 g/mol. The summed E-state index contributed by atoms with van der Waals surface area (Å²) in [5, 5.41) is 4.05. The summed E-state index contributed by atoms with van der Waals surface area (Å²) in [5.41, 5.74) is 8.95.